The zero-order valence-corrected chi connectivity index (χ0v) is 16.9. The molecule has 2 atom stereocenters. The predicted octanol–water partition coefficient (Wildman–Crippen LogP) is 4.87. The summed E-state index contributed by atoms with van der Waals surface area (Å²) in [4.78, 5) is 0. The summed E-state index contributed by atoms with van der Waals surface area (Å²) in [6.07, 6.45) is -0.808. The smallest absolute Gasteiger partial charge is 0.247 e. The molecule has 1 heterocycles. The van der Waals surface area contributed by atoms with Gasteiger partial charge < -0.3 is 14.8 Å². The number of nitrogens with one attached hydrogen (secondary N) is 1. The van der Waals surface area contributed by atoms with E-state index in [1.807, 2.05) is 30.3 Å². The molecule has 0 aliphatic heterocycles. The van der Waals surface area contributed by atoms with Crippen LogP contribution in [0.5, 0.6) is 0 Å². The van der Waals surface area contributed by atoms with Crippen LogP contribution in [0.2, 0.25) is 5.02 Å². The molecule has 3 rings (SSSR count). The van der Waals surface area contributed by atoms with Gasteiger partial charge in [0.15, 0.2) is 0 Å². The fraction of sp³-hybridized carbons (Fsp3) is 0.211. The van der Waals surface area contributed by atoms with Gasteiger partial charge in [-0.1, -0.05) is 27.5 Å². The summed E-state index contributed by atoms with van der Waals surface area (Å²) in [6, 6.07) is 12.2. The van der Waals surface area contributed by atoms with Gasteiger partial charge in [-0.05, 0) is 55.8 Å². The highest BCUT2D eigenvalue weighted by Crippen LogP contribution is 2.31. The molecule has 0 saturated carbocycles. The van der Waals surface area contributed by atoms with E-state index in [0.717, 1.165) is 10.0 Å². The second-order valence-electron chi connectivity index (χ2n) is 6.03. The van der Waals surface area contributed by atoms with Gasteiger partial charge in [0.2, 0.25) is 11.8 Å². The standard InChI is InChI=1S/C19H16BrClN4O2/c1-10-15(8-5-13(9-22)16(10)21)23-17(11(2)26)19-25-24-18(27-19)12-3-6-14(20)7-4-12/h3-8,11,17,23,26H,1-2H3/t11-,17+/m0/s1. The molecule has 2 N–H and O–H groups in total. The van der Waals surface area contributed by atoms with E-state index in [4.69, 9.17) is 21.3 Å². The molecular formula is C19H16BrClN4O2. The van der Waals surface area contributed by atoms with Gasteiger partial charge >= 0.3 is 0 Å². The highest BCUT2D eigenvalue weighted by atomic mass is 79.9. The SMILES string of the molecule is Cc1c(N[C@@H](c2nnc(-c3ccc(Br)cc3)o2)[C@H](C)O)ccc(C#N)c1Cl. The third-order valence-corrected chi connectivity index (χ3v) is 5.11. The fourth-order valence-electron chi connectivity index (χ4n) is 2.55. The first-order valence-electron chi connectivity index (χ1n) is 8.14. The van der Waals surface area contributed by atoms with Crippen LogP contribution in [-0.2, 0) is 0 Å². The van der Waals surface area contributed by atoms with Crippen molar-refractivity contribution < 1.29 is 9.52 Å². The molecule has 138 valence electrons. The van der Waals surface area contributed by atoms with Crippen LogP contribution < -0.4 is 5.32 Å². The Kier molecular flexibility index (Phi) is 5.80. The van der Waals surface area contributed by atoms with Crippen LogP contribution in [0.4, 0.5) is 5.69 Å². The molecule has 0 amide bonds. The number of aliphatic hydroxyl groups excluding tert-OH is 1. The van der Waals surface area contributed by atoms with E-state index >= 15 is 0 Å². The maximum Gasteiger partial charge on any atom is 0.247 e. The minimum Gasteiger partial charge on any atom is -0.418 e. The number of hydrogen-bond donors (Lipinski definition) is 2. The number of rotatable bonds is 5. The minimum atomic E-state index is -0.808. The molecule has 27 heavy (non-hydrogen) atoms. The zero-order valence-electron chi connectivity index (χ0n) is 14.6. The summed E-state index contributed by atoms with van der Waals surface area (Å²) in [5.74, 6) is 0.613. The predicted molar refractivity (Wildman–Crippen MR) is 106 cm³/mol. The van der Waals surface area contributed by atoms with E-state index in [1.165, 1.54) is 0 Å². The van der Waals surface area contributed by atoms with E-state index in [2.05, 4.69) is 31.4 Å². The summed E-state index contributed by atoms with van der Waals surface area (Å²) in [7, 11) is 0. The van der Waals surface area contributed by atoms with Crippen molar-refractivity contribution in [1.29, 1.82) is 5.26 Å². The van der Waals surface area contributed by atoms with Crippen LogP contribution in [0.25, 0.3) is 11.5 Å². The van der Waals surface area contributed by atoms with E-state index in [9.17, 15) is 5.11 Å². The van der Waals surface area contributed by atoms with Crippen LogP contribution in [0.1, 0.15) is 30.0 Å². The van der Waals surface area contributed by atoms with Crippen LogP contribution in [0, 0.1) is 18.3 Å². The molecule has 0 aliphatic rings. The van der Waals surface area contributed by atoms with Crippen molar-refractivity contribution in [1.82, 2.24) is 10.2 Å². The number of aromatic nitrogens is 2. The Balaban J connectivity index is 1.90. The number of halogens is 2. The van der Waals surface area contributed by atoms with Gasteiger partial charge in [-0.25, -0.2) is 0 Å². The van der Waals surface area contributed by atoms with Crippen molar-refractivity contribution in [3.05, 3.63) is 62.9 Å². The van der Waals surface area contributed by atoms with Gasteiger partial charge in [0.05, 0.1) is 16.7 Å². The second-order valence-corrected chi connectivity index (χ2v) is 7.32. The van der Waals surface area contributed by atoms with Gasteiger partial charge in [0.25, 0.3) is 0 Å². The Morgan fingerprint density at radius 3 is 2.56 bits per heavy atom. The quantitative estimate of drug-likeness (QED) is 0.579. The monoisotopic (exact) mass is 446 g/mol. The first-order chi connectivity index (χ1) is 12.9. The zero-order chi connectivity index (χ0) is 19.6. The number of aliphatic hydroxyl groups is 1. The molecule has 0 aliphatic carbocycles. The van der Waals surface area contributed by atoms with E-state index in [-0.39, 0.29) is 5.89 Å². The van der Waals surface area contributed by atoms with Crippen molar-refractivity contribution in [3.8, 4) is 17.5 Å². The molecule has 0 unspecified atom stereocenters. The molecule has 0 saturated heterocycles. The minimum absolute atomic E-state index is 0.253. The number of hydrogen-bond acceptors (Lipinski definition) is 6. The molecule has 8 heteroatoms. The lowest BCUT2D eigenvalue weighted by atomic mass is 10.1. The van der Waals surface area contributed by atoms with Crippen LogP contribution in [0.15, 0.2) is 45.3 Å². The molecular weight excluding hydrogens is 432 g/mol. The molecule has 0 spiro atoms. The Morgan fingerprint density at radius 2 is 1.93 bits per heavy atom. The van der Waals surface area contributed by atoms with E-state index in [0.29, 0.717) is 27.7 Å². The van der Waals surface area contributed by atoms with Crippen LogP contribution in [0.3, 0.4) is 0 Å². The van der Waals surface area contributed by atoms with E-state index < -0.39 is 12.1 Å². The number of anilines is 1. The number of nitriles is 1. The number of nitrogens with zero attached hydrogens (tertiary/aromatic N) is 3. The van der Waals surface area contributed by atoms with Crippen molar-refractivity contribution in [2.45, 2.75) is 26.0 Å². The number of benzene rings is 2. The maximum absolute atomic E-state index is 10.2. The lowest BCUT2D eigenvalue weighted by Crippen LogP contribution is -2.23. The summed E-state index contributed by atoms with van der Waals surface area (Å²) in [6.45, 7) is 3.42. The molecule has 2 aromatic carbocycles. The van der Waals surface area contributed by atoms with Gasteiger partial charge in [0.1, 0.15) is 12.1 Å². The lowest BCUT2D eigenvalue weighted by molar-refractivity contribution is 0.159. The highest BCUT2D eigenvalue weighted by molar-refractivity contribution is 9.10. The van der Waals surface area contributed by atoms with Gasteiger partial charge in [-0.15, -0.1) is 10.2 Å². The third kappa shape index (κ3) is 4.14. The molecule has 0 fully saturated rings. The Hall–Kier alpha value is -2.40. The average Bonchev–Trinajstić information content (AvgIpc) is 3.13. The Labute approximate surface area is 169 Å². The molecule has 0 radical (unpaired) electrons. The van der Waals surface area contributed by atoms with E-state index in [1.54, 1.807) is 26.0 Å². The summed E-state index contributed by atoms with van der Waals surface area (Å²) >= 11 is 9.61. The van der Waals surface area contributed by atoms with Gasteiger partial charge in [-0.2, -0.15) is 5.26 Å². The molecule has 6 nitrogen and oxygen atoms in total. The Bertz CT molecular complexity index is 996. The van der Waals surface area contributed by atoms with Crippen LogP contribution in [-0.4, -0.2) is 21.4 Å². The first kappa shape index (κ1) is 19.4. The largest absolute Gasteiger partial charge is 0.418 e. The van der Waals surface area contributed by atoms with Gasteiger partial charge in [-0.3, -0.25) is 0 Å². The van der Waals surface area contributed by atoms with Crippen molar-refractivity contribution in [2.24, 2.45) is 0 Å². The third-order valence-electron chi connectivity index (χ3n) is 4.10. The first-order valence-corrected chi connectivity index (χ1v) is 9.31. The Morgan fingerprint density at radius 1 is 1.22 bits per heavy atom. The summed E-state index contributed by atoms with van der Waals surface area (Å²) < 4.78 is 6.72. The highest BCUT2D eigenvalue weighted by Gasteiger charge is 2.25. The summed E-state index contributed by atoms with van der Waals surface area (Å²) in [5.41, 5.74) is 2.55. The fourth-order valence-corrected chi connectivity index (χ4v) is 3.02. The van der Waals surface area contributed by atoms with Crippen molar-refractivity contribution in [2.75, 3.05) is 5.32 Å². The maximum atomic E-state index is 10.2. The molecule has 0 bridgehead atoms. The molecule has 1 aromatic heterocycles. The second kappa shape index (κ2) is 8.09. The normalized spacial score (nSPS) is 13.0. The van der Waals surface area contributed by atoms with Crippen molar-refractivity contribution in [3.63, 3.8) is 0 Å². The van der Waals surface area contributed by atoms with Gasteiger partial charge in [0, 0.05) is 15.7 Å². The average molecular weight is 448 g/mol. The van der Waals surface area contributed by atoms with Crippen LogP contribution >= 0.6 is 27.5 Å². The topological polar surface area (TPSA) is 95.0 Å². The van der Waals surface area contributed by atoms with Crippen molar-refractivity contribution >= 4 is 33.2 Å². The molecule has 3 aromatic rings. The lowest BCUT2D eigenvalue weighted by Gasteiger charge is -2.21. The summed E-state index contributed by atoms with van der Waals surface area (Å²) in [5, 5.41) is 31.0.